The first-order chi connectivity index (χ1) is 9.61. The van der Waals surface area contributed by atoms with E-state index < -0.39 is 11.6 Å². The van der Waals surface area contributed by atoms with Crippen molar-refractivity contribution in [2.75, 3.05) is 7.05 Å². The molecule has 0 bridgehead atoms. The van der Waals surface area contributed by atoms with Gasteiger partial charge in [0, 0.05) is 6.54 Å². The van der Waals surface area contributed by atoms with Crippen molar-refractivity contribution in [1.82, 2.24) is 10.3 Å². The van der Waals surface area contributed by atoms with Gasteiger partial charge in [-0.15, -0.1) is 0 Å². The molecule has 1 aromatic heterocycles. The van der Waals surface area contributed by atoms with Gasteiger partial charge in [-0.05, 0) is 47.2 Å². The molecule has 0 aliphatic carbocycles. The van der Waals surface area contributed by atoms with Gasteiger partial charge < -0.3 is 10.1 Å². The molecule has 1 heterocycles. The molecule has 3 nitrogen and oxygen atoms in total. The standard InChI is InChI=1S/C14H13BrF2N2O/c1-18-6-9-2-3-10(7-19-9)20-8-11-13(16)5-4-12(15)14(11)17/h2-5,7,18H,6,8H2,1H3. The largest absolute Gasteiger partial charge is 0.487 e. The van der Waals surface area contributed by atoms with E-state index in [0.717, 1.165) is 5.69 Å². The van der Waals surface area contributed by atoms with Crippen LogP contribution in [0.4, 0.5) is 8.78 Å². The summed E-state index contributed by atoms with van der Waals surface area (Å²) >= 11 is 3.02. The Morgan fingerprint density at radius 2 is 2.05 bits per heavy atom. The predicted molar refractivity (Wildman–Crippen MR) is 75.4 cm³/mol. The summed E-state index contributed by atoms with van der Waals surface area (Å²) in [6.07, 6.45) is 1.53. The second kappa shape index (κ2) is 6.76. The summed E-state index contributed by atoms with van der Waals surface area (Å²) in [5.41, 5.74) is 0.748. The number of nitrogens with one attached hydrogen (secondary N) is 1. The van der Waals surface area contributed by atoms with Crippen LogP contribution in [0.5, 0.6) is 5.75 Å². The average molecular weight is 343 g/mol. The third-order valence-electron chi connectivity index (χ3n) is 2.68. The number of ether oxygens (including phenoxy) is 1. The molecule has 0 unspecified atom stereocenters. The maximum absolute atomic E-state index is 13.7. The fourth-order valence-corrected chi connectivity index (χ4v) is 2.01. The summed E-state index contributed by atoms with van der Waals surface area (Å²) < 4.78 is 32.8. The molecule has 0 atom stereocenters. The molecular formula is C14H13BrF2N2O. The van der Waals surface area contributed by atoms with Crippen molar-refractivity contribution in [3.63, 3.8) is 0 Å². The van der Waals surface area contributed by atoms with Gasteiger partial charge in [0.25, 0.3) is 0 Å². The highest BCUT2D eigenvalue weighted by Gasteiger charge is 2.13. The van der Waals surface area contributed by atoms with Crippen LogP contribution in [0.3, 0.4) is 0 Å². The minimum atomic E-state index is -0.648. The van der Waals surface area contributed by atoms with E-state index >= 15 is 0 Å². The number of hydrogen-bond donors (Lipinski definition) is 1. The number of halogens is 3. The molecular weight excluding hydrogens is 330 g/mol. The maximum atomic E-state index is 13.7. The van der Waals surface area contributed by atoms with E-state index in [4.69, 9.17) is 4.74 Å². The summed E-state index contributed by atoms with van der Waals surface area (Å²) in [6.45, 7) is 0.458. The number of rotatable bonds is 5. The molecule has 0 radical (unpaired) electrons. The van der Waals surface area contributed by atoms with Crippen LogP contribution in [0.25, 0.3) is 0 Å². The molecule has 6 heteroatoms. The SMILES string of the molecule is CNCc1ccc(OCc2c(F)ccc(Br)c2F)cn1. The van der Waals surface area contributed by atoms with E-state index in [1.807, 2.05) is 7.05 Å². The Morgan fingerprint density at radius 1 is 1.25 bits per heavy atom. The smallest absolute Gasteiger partial charge is 0.146 e. The number of nitrogens with zero attached hydrogens (tertiary/aromatic N) is 1. The van der Waals surface area contributed by atoms with Crippen LogP contribution >= 0.6 is 15.9 Å². The summed E-state index contributed by atoms with van der Waals surface area (Å²) in [4.78, 5) is 4.16. The molecule has 0 fully saturated rings. The average Bonchev–Trinajstić information content (AvgIpc) is 2.45. The molecule has 0 saturated heterocycles. The number of hydrogen-bond acceptors (Lipinski definition) is 3. The van der Waals surface area contributed by atoms with E-state index in [-0.39, 0.29) is 16.6 Å². The zero-order chi connectivity index (χ0) is 14.5. The van der Waals surface area contributed by atoms with E-state index in [1.54, 1.807) is 12.1 Å². The van der Waals surface area contributed by atoms with Crippen LogP contribution in [-0.2, 0) is 13.2 Å². The van der Waals surface area contributed by atoms with Gasteiger partial charge in [0.05, 0.1) is 21.9 Å². The van der Waals surface area contributed by atoms with Gasteiger partial charge in [0.1, 0.15) is 24.0 Å². The van der Waals surface area contributed by atoms with E-state index in [0.29, 0.717) is 12.3 Å². The molecule has 2 aromatic rings. The molecule has 20 heavy (non-hydrogen) atoms. The van der Waals surface area contributed by atoms with Crippen molar-refractivity contribution in [2.24, 2.45) is 0 Å². The van der Waals surface area contributed by atoms with Gasteiger partial charge in [-0.2, -0.15) is 0 Å². The van der Waals surface area contributed by atoms with Gasteiger partial charge in [-0.25, -0.2) is 8.78 Å². The van der Waals surface area contributed by atoms with Crippen LogP contribution in [-0.4, -0.2) is 12.0 Å². The first kappa shape index (κ1) is 14.9. The van der Waals surface area contributed by atoms with Crippen molar-refractivity contribution < 1.29 is 13.5 Å². The van der Waals surface area contributed by atoms with Crippen LogP contribution in [0.1, 0.15) is 11.3 Å². The van der Waals surface area contributed by atoms with E-state index in [2.05, 4.69) is 26.2 Å². The minimum absolute atomic E-state index is 0.112. The Hall–Kier alpha value is -1.53. The minimum Gasteiger partial charge on any atom is -0.487 e. The van der Waals surface area contributed by atoms with Crippen LogP contribution in [0.15, 0.2) is 34.9 Å². The fraction of sp³-hybridized carbons (Fsp3) is 0.214. The molecule has 0 spiro atoms. The molecule has 106 valence electrons. The lowest BCUT2D eigenvalue weighted by Gasteiger charge is -2.09. The van der Waals surface area contributed by atoms with Crippen molar-refractivity contribution >= 4 is 15.9 Å². The van der Waals surface area contributed by atoms with E-state index in [9.17, 15) is 8.78 Å². The Kier molecular flexibility index (Phi) is 5.03. The van der Waals surface area contributed by atoms with Gasteiger partial charge >= 0.3 is 0 Å². The summed E-state index contributed by atoms with van der Waals surface area (Å²) in [7, 11) is 1.82. The number of benzene rings is 1. The monoisotopic (exact) mass is 342 g/mol. The lowest BCUT2D eigenvalue weighted by Crippen LogP contribution is -2.07. The molecule has 0 saturated carbocycles. The van der Waals surface area contributed by atoms with Gasteiger partial charge in [0.15, 0.2) is 0 Å². The van der Waals surface area contributed by atoms with Crippen molar-refractivity contribution in [2.45, 2.75) is 13.2 Å². The second-order valence-electron chi connectivity index (χ2n) is 4.13. The highest BCUT2D eigenvalue weighted by molar-refractivity contribution is 9.10. The molecule has 1 N–H and O–H groups in total. The first-order valence-electron chi connectivity index (χ1n) is 5.96. The predicted octanol–water partition coefficient (Wildman–Crippen LogP) is 3.42. The zero-order valence-corrected chi connectivity index (χ0v) is 12.4. The highest BCUT2D eigenvalue weighted by Crippen LogP contribution is 2.23. The summed E-state index contributed by atoms with van der Waals surface area (Å²) in [6, 6.07) is 6.02. The molecule has 0 aliphatic rings. The third-order valence-corrected chi connectivity index (χ3v) is 3.29. The Balaban J connectivity index is 2.07. The summed E-state index contributed by atoms with van der Waals surface area (Å²) in [5.74, 6) is -0.821. The van der Waals surface area contributed by atoms with Crippen molar-refractivity contribution in [1.29, 1.82) is 0 Å². The van der Waals surface area contributed by atoms with Crippen molar-refractivity contribution in [3.05, 3.63) is 57.8 Å². The second-order valence-corrected chi connectivity index (χ2v) is 4.98. The lowest BCUT2D eigenvalue weighted by molar-refractivity contribution is 0.291. The first-order valence-corrected chi connectivity index (χ1v) is 6.76. The lowest BCUT2D eigenvalue weighted by atomic mass is 10.2. The van der Waals surface area contributed by atoms with Gasteiger partial charge in [0.2, 0.25) is 0 Å². The molecule has 2 rings (SSSR count). The summed E-state index contributed by atoms with van der Waals surface area (Å²) in [5, 5.41) is 2.97. The zero-order valence-electron chi connectivity index (χ0n) is 10.8. The molecule has 1 aromatic carbocycles. The normalized spacial score (nSPS) is 10.6. The van der Waals surface area contributed by atoms with Crippen LogP contribution < -0.4 is 10.1 Å². The molecule has 0 aliphatic heterocycles. The number of pyridine rings is 1. The Morgan fingerprint density at radius 3 is 2.70 bits per heavy atom. The topological polar surface area (TPSA) is 34.1 Å². The third kappa shape index (κ3) is 3.52. The Labute approximate surface area is 124 Å². The van der Waals surface area contributed by atoms with Gasteiger partial charge in [-0.3, -0.25) is 4.98 Å². The van der Waals surface area contributed by atoms with Crippen LogP contribution in [0.2, 0.25) is 0 Å². The van der Waals surface area contributed by atoms with E-state index in [1.165, 1.54) is 18.3 Å². The van der Waals surface area contributed by atoms with Gasteiger partial charge in [-0.1, -0.05) is 0 Å². The van der Waals surface area contributed by atoms with Crippen molar-refractivity contribution in [3.8, 4) is 5.75 Å². The quantitative estimate of drug-likeness (QED) is 0.845. The molecule has 0 amide bonds. The Bertz CT molecular complexity index is 590. The fourth-order valence-electron chi connectivity index (χ4n) is 1.64. The maximum Gasteiger partial charge on any atom is 0.146 e. The number of aromatic nitrogens is 1. The van der Waals surface area contributed by atoms with Crippen LogP contribution in [0, 0.1) is 11.6 Å². The highest BCUT2D eigenvalue weighted by atomic mass is 79.9.